The molecule has 1 saturated carbocycles. The van der Waals surface area contributed by atoms with Gasteiger partial charge < -0.3 is 14.6 Å². The van der Waals surface area contributed by atoms with Crippen LogP contribution in [0.25, 0.3) is 0 Å². The number of hydrogen-bond acceptors (Lipinski definition) is 5. The van der Waals surface area contributed by atoms with Crippen LogP contribution < -0.4 is 0 Å². The van der Waals surface area contributed by atoms with Crippen molar-refractivity contribution in [3.63, 3.8) is 0 Å². The minimum atomic E-state index is -1.60. The van der Waals surface area contributed by atoms with Gasteiger partial charge in [-0.2, -0.15) is 0 Å². The van der Waals surface area contributed by atoms with Gasteiger partial charge in [0.2, 0.25) is 0 Å². The van der Waals surface area contributed by atoms with E-state index in [9.17, 15) is 14.4 Å². The lowest BCUT2D eigenvalue weighted by Gasteiger charge is -2.34. The quantitative estimate of drug-likeness (QED) is 0.458. The van der Waals surface area contributed by atoms with Crippen LogP contribution in [0.1, 0.15) is 25.7 Å². The summed E-state index contributed by atoms with van der Waals surface area (Å²) in [5.41, 5.74) is -1.35. The molecule has 0 aromatic carbocycles. The number of methoxy groups -OCH3 is 2. The molecule has 1 aliphatic rings. The Bertz CT molecular complexity index is 379. The number of esters is 2. The Morgan fingerprint density at radius 1 is 1.17 bits per heavy atom. The van der Waals surface area contributed by atoms with Gasteiger partial charge in [0.15, 0.2) is 5.41 Å². The van der Waals surface area contributed by atoms with Gasteiger partial charge in [0, 0.05) is 6.08 Å². The van der Waals surface area contributed by atoms with Crippen molar-refractivity contribution in [1.29, 1.82) is 0 Å². The van der Waals surface area contributed by atoms with E-state index in [1.54, 1.807) is 0 Å². The lowest BCUT2D eigenvalue weighted by atomic mass is 9.70. The monoisotopic (exact) mass is 256 g/mol. The lowest BCUT2D eigenvalue weighted by Crippen LogP contribution is -2.44. The first-order valence-corrected chi connectivity index (χ1v) is 5.60. The third kappa shape index (κ3) is 2.37. The molecule has 1 aliphatic carbocycles. The van der Waals surface area contributed by atoms with Crippen molar-refractivity contribution in [2.75, 3.05) is 14.2 Å². The number of hydrogen-bond donors (Lipinski definition) is 1. The van der Waals surface area contributed by atoms with Crippen molar-refractivity contribution in [3.8, 4) is 0 Å². The van der Waals surface area contributed by atoms with Crippen LogP contribution >= 0.6 is 0 Å². The van der Waals surface area contributed by atoms with Gasteiger partial charge in [0.1, 0.15) is 0 Å². The Kier molecular flexibility index (Phi) is 4.47. The number of carbonyl (C=O) groups excluding carboxylic acids is 2. The topological polar surface area (TPSA) is 89.9 Å². The van der Waals surface area contributed by atoms with Gasteiger partial charge in [-0.1, -0.05) is 6.42 Å². The van der Waals surface area contributed by atoms with Crippen molar-refractivity contribution in [2.24, 2.45) is 5.41 Å². The maximum atomic E-state index is 11.9. The van der Waals surface area contributed by atoms with Gasteiger partial charge in [-0.25, -0.2) is 4.79 Å². The second kappa shape index (κ2) is 5.66. The van der Waals surface area contributed by atoms with Crippen LogP contribution in [0.2, 0.25) is 0 Å². The Hall–Kier alpha value is -1.85. The second-order valence-electron chi connectivity index (χ2n) is 4.10. The minimum absolute atomic E-state index is 0.214. The standard InChI is InChI=1S/C12H16O6/c1-17-10(15)12(11(16)18-2)6-4-3-5-8(12)7-9(13)14/h7H,3-6H2,1-2H3,(H,13,14)/b8-7+. The third-order valence-electron chi connectivity index (χ3n) is 3.16. The zero-order valence-corrected chi connectivity index (χ0v) is 10.4. The molecule has 1 rings (SSSR count). The molecule has 0 heterocycles. The van der Waals surface area contributed by atoms with Crippen LogP contribution in [-0.4, -0.2) is 37.2 Å². The molecule has 18 heavy (non-hydrogen) atoms. The van der Waals surface area contributed by atoms with Crippen molar-refractivity contribution >= 4 is 17.9 Å². The molecule has 0 atom stereocenters. The molecule has 0 unspecified atom stereocenters. The number of carbonyl (C=O) groups is 3. The van der Waals surface area contributed by atoms with Crippen LogP contribution in [0, 0.1) is 5.41 Å². The van der Waals surface area contributed by atoms with Gasteiger partial charge >= 0.3 is 17.9 Å². The predicted molar refractivity (Wildman–Crippen MR) is 60.7 cm³/mol. The highest BCUT2D eigenvalue weighted by Gasteiger charge is 2.52. The highest BCUT2D eigenvalue weighted by Crippen LogP contribution is 2.43. The second-order valence-corrected chi connectivity index (χ2v) is 4.10. The van der Waals surface area contributed by atoms with Crippen LogP contribution in [0.15, 0.2) is 11.6 Å². The van der Waals surface area contributed by atoms with Crippen molar-refractivity contribution in [2.45, 2.75) is 25.7 Å². The molecule has 0 spiro atoms. The van der Waals surface area contributed by atoms with Crippen LogP contribution in [0.3, 0.4) is 0 Å². The van der Waals surface area contributed by atoms with E-state index in [2.05, 4.69) is 9.47 Å². The Morgan fingerprint density at radius 2 is 1.72 bits per heavy atom. The number of carboxylic acid groups (broad SMARTS) is 1. The van der Waals surface area contributed by atoms with E-state index < -0.39 is 23.3 Å². The summed E-state index contributed by atoms with van der Waals surface area (Å²) in [6.07, 6.45) is 2.87. The summed E-state index contributed by atoms with van der Waals surface area (Å²) in [5.74, 6) is -2.72. The highest BCUT2D eigenvalue weighted by atomic mass is 16.5. The summed E-state index contributed by atoms with van der Waals surface area (Å²) < 4.78 is 9.31. The summed E-state index contributed by atoms with van der Waals surface area (Å²) in [4.78, 5) is 34.6. The van der Waals surface area contributed by atoms with Crippen LogP contribution in [0.5, 0.6) is 0 Å². The summed E-state index contributed by atoms with van der Waals surface area (Å²) in [6, 6.07) is 0. The molecule has 0 radical (unpaired) electrons. The number of ether oxygens (including phenoxy) is 2. The van der Waals surface area contributed by atoms with Gasteiger partial charge in [0.05, 0.1) is 14.2 Å². The average Bonchev–Trinajstić information content (AvgIpc) is 2.37. The first-order chi connectivity index (χ1) is 8.48. The maximum absolute atomic E-state index is 11.9. The first-order valence-electron chi connectivity index (χ1n) is 5.60. The predicted octanol–water partition coefficient (Wildman–Crippen LogP) is 0.904. The fraction of sp³-hybridized carbons (Fsp3) is 0.583. The number of carboxylic acids is 1. The SMILES string of the molecule is COC(=O)C1(C(=O)OC)CCCC/C1=C\C(=O)O. The molecule has 0 amide bonds. The van der Waals surface area contributed by atoms with E-state index in [0.29, 0.717) is 12.8 Å². The largest absolute Gasteiger partial charge is 0.478 e. The van der Waals surface area contributed by atoms with Gasteiger partial charge in [-0.3, -0.25) is 9.59 Å². The van der Waals surface area contributed by atoms with Crippen LogP contribution in [0.4, 0.5) is 0 Å². The molecule has 0 bridgehead atoms. The molecule has 0 aliphatic heterocycles. The maximum Gasteiger partial charge on any atom is 0.328 e. The van der Waals surface area contributed by atoms with E-state index in [-0.39, 0.29) is 12.0 Å². The fourth-order valence-electron chi connectivity index (χ4n) is 2.32. The van der Waals surface area contributed by atoms with E-state index >= 15 is 0 Å². The zero-order valence-electron chi connectivity index (χ0n) is 10.4. The molecular weight excluding hydrogens is 240 g/mol. The molecule has 1 N–H and O–H groups in total. The Morgan fingerprint density at radius 3 is 2.17 bits per heavy atom. The molecule has 6 nitrogen and oxygen atoms in total. The molecule has 0 saturated heterocycles. The first kappa shape index (κ1) is 14.2. The molecule has 0 aromatic heterocycles. The normalized spacial score (nSPS) is 20.2. The number of aliphatic carboxylic acids is 1. The molecule has 6 heteroatoms. The van der Waals surface area contributed by atoms with E-state index in [1.807, 2.05) is 0 Å². The molecule has 1 fully saturated rings. The summed E-state index contributed by atoms with van der Waals surface area (Å²) in [6.45, 7) is 0. The third-order valence-corrected chi connectivity index (χ3v) is 3.16. The van der Waals surface area contributed by atoms with E-state index in [0.717, 1.165) is 12.5 Å². The lowest BCUT2D eigenvalue weighted by molar-refractivity contribution is -0.167. The molecule has 0 aromatic rings. The van der Waals surface area contributed by atoms with Gasteiger partial charge in [-0.05, 0) is 24.8 Å². The smallest absolute Gasteiger partial charge is 0.328 e. The summed E-state index contributed by atoms with van der Waals surface area (Å²) in [7, 11) is 2.33. The van der Waals surface area contributed by atoms with Gasteiger partial charge in [0.25, 0.3) is 0 Å². The van der Waals surface area contributed by atoms with Gasteiger partial charge in [-0.15, -0.1) is 0 Å². The number of rotatable bonds is 3. The van der Waals surface area contributed by atoms with E-state index in [4.69, 9.17) is 5.11 Å². The van der Waals surface area contributed by atoms with Crippen molar-refractivity contribution in [1.82, 2.24) is 0 Å². The molecular formula is C12H16O6. The Labute approximate surface area is 105 Å². The Balaban J connectivity index is 3.31. The average molecular weight is 256 g/mol. The summed E-state index contributed by atoms with van der Waals surface area (Å²) >= 11 is 0. The van der Waals surface area contributed by atoms with Crippen molar-refractivity contribution < 1.29 is 29.0 Å². The fourth-order valence-corrected chi connectivity index (χ4v) is 2.32. The highest BCUT2D eigenvalue weighted by molar-refractivity contribution is 6.04. The zero-order chi connectivity index (χ0) is 13.8. The minimum Gasteiger partial charge on any atom is -0.478 e. The molecule has 100 valence electrons. The van der Waals surface area contributed by atoms with Crippen molar-refractivity contribution in [3.05, 3.63) is 11.6 Å². The summed E-state index contributed by atoms with van der Waals surface area (Å²) in [5, 5.41) is 8.83. The van der Waals surface area contributed by atoms with Crippen LogP contribution in [-0.2, 0) is 23.9 Å². The van der Waals surface area contributed by atoms with E-state index in [1.165, 1.54) is 14.2 Å².